The fourth-order valence-electron chi connectivity index (χ4n) is 3.59. The molecule has 0 saturated heterocycles. The second-order valence-electron chi connectivity index (χ2n) is 9.45. The number of pyridine rings is 1. The van der Waals surface area contributed by atoms with Crippen LogP contribution in [0.1, 0.15) is 44.5 Å². The Morgan fingerprint density at radius 1 is 1.22 bits per heavy atom. The number of benzene rings is 1. The van der Waals surface area contributed by atoms with Gasteiger partial charge in [-0.25, -0.2) is 4.98 Å². The maximum atomic E-state index is 14.8. The van der Waals surface area contributed by atoms with Gasteiger partial charge in [-0.15, -0.1) is 0 Å². The molecule has 0 saturated carbocycles. The molecular weight excluding hydrogens is 484 g/mol. The number of alkyl halides is 2. The topological polar surface area (TPSA) is 120 Å². The zero-order valence-corrected chi connectivity index (χ0v) is 21.2. The SMILES string of the molecule is CN(C)C(=O)/C=C/CCCC(=O)Nc1cccn(Cc2nc3c(C(F)(F)C(C)(C)O)cccc3[nH]2)c1=O. The lowest BCUT2D eigenvalue weighted by Crippen LogP contribution is -2.40. The van der Waals surface area contributed by atoms with E-state index in [4.69, 9.17) is 0 Å². The molecule has 0 aliphatic heterocycles. The minimum Gasteiger partial charge on any atom is -0.384 e. The minimum atomic E-state index is -3.56. The van der Waals surface area contributed by atoms with Crippen LogP contribution in [0, 0.1) is 0 Å². The van der Waals surface area contributed by atoms with Crippen LogP contribution < -0.4 is 10.9 Å². The molecule has 0 spiro atoms. The van der Waals surface area contributed by atoms with Crippen LogP contribution in [0.3, 0.4) is 0 Å². The van der Waals surface area contributed by atoms with Gasteiger partial charge in [-0.05, 0) is 51.0 Å². The first-order valence-electron chi connectivity index (χ1n) is 11.8. The maximum Gasteiger partial charge on any atom is 0.302 e. The van der Waals surface area contributed by atoms with Gasteiger partial charge in [-0.2, -0.15) is 8.78 Å². The smallest absolute Gasteiger partial charge is 0.302 e. The average Bonchev–Trinajstić information content (AvgIpc) is 3.23. The van der Waals surface area contributed by atoms with E-state index in [9.17, 15) is 28.3 Å². The van der Waals surface area contributed by atoms with E-state index in [1.54, 1.807) is 32.3 Å². The number of aromatic amines is 1. The highest BCUT2D eigenvalue weighted by atomic mass is 19.3. The van der Waals surface area contributed by atoms with Gasteiger partial charge < -0.3 is 24.9 Å². The largest absolute Gasteiger partial charge is 0.384 e. The lowest BCUT2D eigenvalue weighted by atomic mass is 9.92. The summed E-state index contributed by atoms with van der Waals surface area (Å²) in [7, 11) is 3.29. The predicted octanol–water partition coefficient (Wildman–Crippen LogP) is 3.39. The number of carbonyl (C=O) groups excluding carboxylic acids is 2. The van der Waals surface area contributed by atoms with Crippen molar-refractivity contribution in [2.24, 2.45) is 0 Å². The minimum absolute atomic E-state index is 0.00321. The number of aromatic nitrogens is 3. The van der Waals surface area contributed by atoms with Gasteiger partial charge in [-0.1, -0.05) is 18.2 Å². The van der Waals surface area contributed by atoms with Crippen molar-refractivity contribution in [3.63, 3.8) is 0 Å². The first kappa shape index (κ1) is 27.7. The van der Waals surface area contributed by atoms with Gasteiger partial charge in [0.15, 0.2) is 0 Å². The molecule has 0 aliphatic carbocycles. The highest BCUT2D eigenvalue weighted by Gasteiger charge is 2.48. The second kappa shape index (κ2) is 11.0. The molecule has 2 aromatic heterocycles. The number of carbonyl (C=O) groups is 2. The number of amides is 2. The highest BCUT2D eigenvalue weighted by Crippen LogP contribution is 2.41. The highest BCUT2D eigenvalue weighted by molar-refractivity contribution is 5.90. The molecule has 3 rings (SSSR count). The maximum absolute atomic E-state index is 14.8. The molecule has 2 amide bonds. The summed E-state index contributed by atoms with van der Waals surface area (Å²) in [6, 6.07) is 7.30. The zero-order chi connectivity index (χ0) is 27.4. The lowest BCUT2D eigenvalue weighted by Gasteiger charge is -2.29. The average molecular weight is 516 g/mol. The van der Waals surface area contributed by atoms with E-state index in [2.05, 4.69) is 15.3 Å². The number of hydrogen-bond acceptors (Lipinski definition) is 5. The van der Waals surface area contributed by atoms with E-state index in [1.165, 1.54) is 39.9 Å². The molecule has 37 heavy (non-hydrogen) atoms. The Balaban J connectivity index is 1.71. The molecule has 11 heteroatoms. The summed E-state index contributed by atoms with van der Waals surface area (Å²) in [6.07, 6.45) is 5.84. The lowest BCUT2D eigenvalue weighted by molar-refractivity contribution is -0.167. The summed E-state index contributed by atoms with van der Waals surface area (Å²) in [5.41, 5.74) is -2.77. The standard InChI is InChI=1S/C26H31F2N5O4/c1-25(2,37)26(27,28)17-10-8-11-18-23(17)31-20(29-18)16-33-15-9-12-19(24(33)36)30-21(34)13-6-5-7-14-22(35)32(3)4/h7-12,14-15,37H,5-6,13,16H2,1-4H3,(H,29,31)(H,30,34)/b14-7+. The predicted molar refractivity (Wildman–Crippen MR) is 136 cm³/mol. The first-order valence-corrected chi connectivity index (χ1v) is 11.8. The van der Waals surface area contributed by atoms with Crippen LogP contribution in [-0.4, -0.2) is 56.1 Å². The molecule has 9 nitrogen and oxygen atoms in total. The Bertz CT molecular complexity index is 1370. The van der Waals surface area contributed by atoms with Crippen molar-refractivity contribution >= 4 is 28.5 Å². The van der Waals surface area contributed by atoms with Gasteiger partial charge in [0.25, 0.3) is 5.56 Å². The number of anilines is 1. The molecular formula is C26H31F2N5O4. The summed E-state index contributed by atoms with van der Waals surface area (Å²) >= 11 is 0. The molecule has 0 aliphatic rings. The number of H-pyrrole nitrogens is 1. The van der Waals surface area contributed by atoms with E-state index in [0.29, 0.717) is 18.4 Å². The summed E-state index contributed by atoms with van der Waals surface area (Å²) in [5.74, 6) is -3.78. The van der Waals surface area contributed by atoms with E-state index >= 15 is 0 Å². The van der Waals surface area contributed by atoms with Crippen LogP contribution in [0.15, 0.2) is 53.5 Å². The third-order valence-electron chi connectivity index (χ3n) is 5.76. The molecule has 3 N–H and O–H groups in total. The van der Waals surface area contributed by atoms with Crippen molar-refractivity contribution in [3.05, 3.63) is 70.4 Å². The number of rotatable bonds is 10. The Morgan fingerprint density at radius 3 is 2.62 bits per heavy atom. The molecule has 0 bridgehead atoms. The number of fused-ring (bicyclic) bond motifs is 1. The Morgan fingerprint density at radius 2 is 1.95 bits per heavy atom. The van der Waals surface area contributed by atoms with Crippen molar-refractivity contribution < 1.29 is 23.5 Å². The number of para-hydroxylation sites is 1. The van der Waals surface area contributed by atoms with Crippen molar-refractivity contribution in [3.8, 4) is 0 Å². The van der Waals surface area contributed by atoms with E-state index < -0.39 is 22.6 Å². The number of nitrogens with zero attached hydrogens (tertiary/aromatic N) is 3. The normalized spacial score (nSPS) is 12.3. The third kappa shape index (κ3) is 6.48. The van der Waals surface area contributed by atoms with E-state index in [0.717, 1.165) is 13.8 Å². The number of nitrogens with one attached hydrogen (secondary N) is 2. The van der Waals surface area contributed by atoms with Gasteiger partial charge in [0, 0.05) is 26.7 Å². The van der Waals surface area contributed by atoms with Gasteiger partial charge in [0.1, 0.15) is 17.1 Å². The summed E-state index contributed by atoms with van der Waals surface area (Å²) in [4.78, 5) is 45.4. The summed E-state index contributed by atoms with van der Waals surface area (Å²) in [5, 5.41) is 12.6. The van der Waals surface area contributed by atoms with E-state index in [-0.39, 0.29) is 41.8 Å². The van der Waals surface area contributed by atoms with Gasteiger partial charge in [-0.3, -0.25) is 14.4 Å². The Hall–Kier alpha value is -3.86. The van der Waals surface area contributed by atoms with Crippen molar-refractivity contribution in [1.29, 1.82) is 0 Å². The fraction of sp³-hybridized carbons (Fsp3) is 0.385. The quantitative estimate of drug-likeness (QED) is 0.282. The summed E-state index contributed by atoms with van der Waals surface area (Å²) < 4.78 is 31.0. The van der Waals surface area contributed by atoms with Gasteiger partial charge in [0.2, 0.25) is 11.8 Å². The van der Waals surface area contributed by atoms with Crippen LogP contribution in [-0.2, 0) is 22.1 Å². The third-order valence-corrected chi connectivity index (χ3v) is 5.76. The number of unbranched alkanes of at least 4 members (excludes halogenated alkanes) is 1. The van der Waals surface area contributed by atoms with Crippen LogP contribution in [0.25, 0.3) is 11.0 Å². The fourth-order valence-corrected chi connectivity index (χ4v) is 3.59. The van der Waals surface area contributed by atoms with Crippen molar-refractivity contribution in [2.45, 2.75) is 51.2 Å². The number of halogens is 2. The number of allylic oxidation sites excluding steroid dienone is 1. The number of imidazole rings is 1. The van der Waals surface area contributed by atoms with Gasteiger partial charge >= 0.3 is 5.92 Å². The number of hydrogen-bond donors (Lipinski definition) is 3. The van der Waals surface area contributed by atoms with Crippen molar-refractivity contribution in [1.82, 2.24) is 19.4 Å². The van der Waals surface area contributed by atoms with Crippen LogP contribution in [0.2, 0.25) is 0 Å². The molecule has 0 atom stereocenters. The molecule has 0 fully saturated rings. The first-order chi connectivity index (χ1) is 17.3. The van der Waals surface area contributed by atoms with E-state index in [1.807, 2.05) is 0 Å². The molecule has 198 valence electrons. The Labute approximate surface area is 212 Å². The number of aliphatic hydroxyl groups is 1. The monoisotopic (exact) mass is 515 g/mol. The second-order valence-corrected chi connectivity index (χ2v) is 9.45. The molecule has 0 radical (unpaired) electrons. The molecule has 3 aromatic rings. The van der Waals surface area contributed by atoms with Crippen LogP contribution in [0.4, 0.5) is 14.5 Å². The molecule has 2 heterocycles. The zero-order valence-electron chi connectivity index (χ0n) is 21.2. The molecule has 0 unspecified atom stereocenters. The van der Waals surface area contributed by atoms with Crippen LogP contribution in [0.5, 0.6) is 0 Å². The summed E-state index contributed by atoms with van der Waals surface area (Å²) in [6.45, 7) is 2.01. The number of likely N-dealkylation sites (N-methyl/N-ethyl adjacent to an activating group) is 1. The Kier molecular flexibility index (Phi) is 8.27. The van der Waals surface area contributed by atoms with Crippen LogP contribution >= 0.6 is 0 Å². The van der Waals surface area contributed by atoms with Gasteiger partial charge in [0.05, 0.1) is 23.1 Å². The molecule has 1 aromatic carbocycles. The van der Waals surface area contributed by atoms with Crippen molar-refractivity contribution in [2.75, 3.05) is 19.4 Å².